The number of aliphatic hydroxyl groups is 1. The fourth-order valence-corrected chi connectivity index (χ4v) is 1.93. The van der Waals surface area contributed by atoms with Crippen LogP contribution in [-0.2, 0) is 0 Å². The van der Waals surface area contributed by atoms with Gasteiger partial charge in [-0.1, -0.05) is 25.1 Å². The molecule has 1 atom stereocenters. The molecule has 0 amide bonds. The van der Waals surface area contributed by atoms with Crippen molar-refractivity contribution < 1.29 is 5.11 Å². The van der Waals surface area contributed by atoms with E-state index < -0.39 is 0 Å². The molecule has 0 fully saturated rings. The molecule has 1 aromatic heterocycles. The third-order valence-electron chi connectivity index (χ3n) is 2.37. The number of hydrogen-bond acceptors (Lipinski definition) is 2. The maximum absolute atomic E-state index is 9.10. The van der Waals surface area contributed by atoms with Gasteiger partial charge in [-0.2, -0.15) is 5.10 Å². The van der Waals surface area contributed by atoms with Crippen molar-refractivity contribution in [1.82, 2.24) is 10.2 Å². The molecule has 0 saturated heterocycles. The molecule has 1 aromatic carbocycles. The van der Waals surface area contributed by atoms with Crippen molar-refractivity contribution >= 4 is 26.8 Å². The van der Waals surface area contributed by atoms with Crippen molar-refractivity contribution in [3.8, 4) is 0 Å². The van der Waals surface area contributed by atoms with E-state index in [9.17, 15) is 0 Å². The highest BCUT2D eigenvalue weighted by Gasteiger charge is 2.11. The summed E-state index contributed by atoms with van der Waals surface area (Å²) in [5, 5.41) is 17.2. The van der Waals surface area contributed by atoms with Crippen LogP contribution < -0.4 is 0 Å². The van der Waals surface area contributed by atoms with Gasteiger partial charge in [-0.15, -0.1) is 0 Å². The summed E-state index contributed by atoms with van der Waals surface area (Å²) in [5.41, 5.74) is 2.01. The SMILES string of the molecule is CC(CO)c1cccc2c(Br)[nH]nc12. The Labute approximate surface area is 90.3 Å². The molecule has 3 nitrogen and oxygen atoms in total. The lowest BCUT2D eigenvalue weighted by Crippen LogP contribution is -1.99. The molecule has 0 aliphatic carbocycles. The highest BCUT2D eigenvalue weighted by molar-refractivity contribution is 9.10. The number of para-hydroxylation sites is 1. The Hall–Kier alpha value is -0.870. The van der Waals surface area contributed by atoms with Crippen LogP contribution >= 0.6 is 15.9 Å². The molecule has 74 valence electrons. The van der Waals surface area contributed by atoms with Crippen LogP contribution in [0.5, 0.6) is 0 Å². The molecule has 0 aliphatic rings. The van der Waals surface area contributed by atoms with Crippen molar-refractivity contribution in [2.75, 3.05) is 6.61 Å². The van der Waals surface area contributed by atoms with Crippen LogP contribution in [0.15, 0.2) is 22.8 Å². The maximum Gasteiger partial charge on any atom is 0.108 e. The molecule has 0 radical (unpaired) electrons. The number of aromatic amines is 1. The number of hydrogen-bond donors (Lipinski definition) is 2. The van der Waals surface area contributed by atoms with Crippen LogP contribution in [0.3, 0.4) is 0 Å². The lowest BCUT2D eigenvalue weighted by atomic mass is 10.00. The highest BCUT2D eigenvalue weighted by Crippen LogP contribution is 2.27. The third-order valence-corrected chi connectivity index (χ3v) is 2.98. The highest BCUT2D eigenvalue weighted by atomic mass is 79.9. The molecular formula is C10H11BrN2O. The molecule has 0 aliphatic heterocycles. The number of aromatic nitrogens is 2. The van der Waals surface area contributed by atoms with E-state index in [-0.39, 0.29) is 12.5 Å². The fourth-order valence-electron chi connectivity index (χ4n) is 1.52. The summed E-state index contributed by atoms with van der Waals surface area (Å²) in [7, 11) is 0. The first-order valence-electron chi connectivity index (χ1n) is 4.47. The van der Waals surface area contributed by atoms with E-state index in [0.29, 0.717) is 0 Å². The van der Waals surface area contributed by atoms with E-state index in [4.69, 9.17) is 5.11 Å². The average Bonchev–Trinajstić information content (AvgIpc) is 2.59. The van der Waals surface area contributed by atoms with E-state index in [2.05, 4.69) is 26.1 Å². The molecule has 0 spiro atoms. The number of benzene rings is 1. The Kier molecular flexibility index (Phi) is 2.56. The van der Waals surface area contributed by atoms with Crippen molar-refractivity contribution in [3.05, 3.63) is 28.4 Å². The minimum atomic E-state index is 0.119. The monoisotopic (exact) mass is 254 g/mol. The molecule has 2 aromatic rings. The van der Waals surface area contributed by atoms with Crippen LogP contribution in [0.1, 0.15) is 18.4 Å². The average molecular weight is 255 g/mol. The second-order valence-electron chi connectivity index (χ2n) is 3.36. The van der Waals surface area contributed by atoms with Crippen molar-refractivity contribution in [3.63, 3.8) is 0 Å². The largest absolute Gasteiger partial charge is 0.396 e. The molecule has 2 rings (SSSR count). The lowest BCUT2D eigenvalue weighted by molar-refractivity contribution is 0.273. The van der Waals surface area contributed by atoms with E-state index in [1.54, 1.807) is 0 Å². The summed E-state index contributed by atoms with van der Waals surface area (Å²) in [6.45, 7) is 2.13. The molecule has 4 heteroatoms. The first-order valence-corrected chi connectivity index (χ1v) is 5.26. The zero-order valence-corrected chi connectivity index (χ0v) is 9.37. The van der Waals surface area contributed by atoms with E-state index in [1.807, 2.05) is 25.1 Å². The van der Waals surface area contributed by atoms with Gasteiger partial charge in [0, 0.05) is 17.9 Å². The predicted octanol–water partition coefficient (Wildman–Crippen LogP) is 2.42. The Balaban J connectivity index is 2.65. The number of nitrogens with zero attached hydrogens (tertiary/aromatic N) is 1. The van der Waals surface area contributed by atoms with Gasteiger partial charge in [0.15, 0.2) is 0 Å². The molecule has 1 heterocycles. The Morgan fingerprint density at radius 3 is 3.07 bits per heavy atom. The van der Waals surface area contributed by atoms with Crippen molar-refractivity contribution in [2.45, 2.75) is 12.8 Å². The lowest BCUT2D eigenvalue weighted by Gasteiger charge is -2.07. The van der Waals surface area contributed by atoms with Crippen LogP contribution in [0.25, 0.3) is 10.9 Å². The maximum atomic E-state index is 9.10. The predicted molar refractivity (Wildman–Crippen MR) is 59.3 cm³/mol. The van der Waals surface area contributed by atoms with Crippen LogP contribution in [0.2, 0.25) is 0 Å². The number of fused-ring (bicyclic) bond motifs is 1. The zero-order valence-electron chi connectivity index (χ0n) is 7.79. The minimum Gasteiger partial charge on any atom is -0.396 e. The molecule has 2 N–H and O–H groups in total. The van der Waals surface area contributed by atoms with Gasteiger partial charge in [-0.3, -0.25) is 5.10 Å². The quantitative estimate of drug-likeness (QED) is 0.865. The number of nitrogens with one attached hydrogen (secondary N) is 1. The van der Waals surface area contributed by atoms with Gasteiger partial charge >= 0.3 is 0 Å². The molecule has 0 bridgehead atoms. The normalized spacial score (nSPS) is 13.4. The van der Waals surface area contributed by atoms with Crippen molar-refractivity contribution in [1.29, 1.82) is 0 Å². The van der Waals surface area contributed by atoms with Gasteiger partial charge in [-0.25, -0.2) is 0 Å². The van der Waals surface area contributed by atoms with Crippen molar-refractivity contribution in [2.24, 2.45) is 0 Å². The Bertz CT molecular complexity index is 452. The summed E-state index contributed by atoms with van der Waals surface area (Å²) < 4.78 is 0.888. The minimum absolute atomic E-state index is 0.119. The van der Waals surface area contributed by atoms with Gasteiger partial charge in [0.25, 0.3) is 0 Å². The second kappa shape index (κ2) is 3.71. The Morgan fingerprint density at radius 2 is 2.36 bits per heavy atom. The van der Waals surface area contributed by atoms with Gasteiger partial charge in [0.05, 0.1) is 5.52 Å². The fraction of sp³-hybridized carbons (Fsp3) is 0.300. The summed E-state index contributed by atoms with van der Waals surface area (Å²) in [5.74, 6) is 0.119. The molecule has 1 unspecified atom stereocenters. The van der Waals surface area contributed by atoms with Gasteiger partial charge in [-0.05, 0) is 21.5 Å². The van der Waals surface area contributed by atoms with Gasteiger partial charge in [0.1, 0.15) is 4.60 Å². The zero-order chi connectivity index (χ0) is 10.1. The first-order chi connectivity index (χ1) is 6.74. The molecule has 14 heavy (non-hydrogen) atoms. The van der Waals surface area contributed by atoms with Crippen LogP contribution in [0.4, 0.5) is 0 Å². The summed E-state index contributed by atoms with van der Waals surface area (Å²) in [6.07, 6.45) is 0. The Morgan fingerprint density at radius 1 is 1.57 bits per heavy atom. The number of H-pyrrole nitrogens is 1. The first kappa shape index (κ1) is 9.68. The van der Waals surface area contributed by atoms with E-state index >= 15 is 0 Å². The second-order valence-corrected chi connectivity index (χ2v) is 4.16. The smallest absolute Gasteiger partial charge is 0.108 e. The standard InChI is InChI=1S/C10H11BrN2O/c1-6(5-14)7-3-2-4-8-9(7)12-13-10(8)11/h2-4,6,14H,5H2,1H3,(H,12,13). The summed E-state index contributed by atoms with van der Waals surface area (Å²) in [6, 6.07) is 5.97. The third kappa shape index (κ3) is 1.44. The number of halogens is 1. The number of rotatable bonds is 2. The van der Waals surface area contributed by atoms with E-state index in [1.165, 1.54) is 0 Å². The molecule has 0 saturated carbocycles. The summed E-state index contributed by atoms with van der Waals surface area (Å²) in [4.78, 5) is 0. The van der Waals surface area contributed by atoms with E-state index in [0.717, 1.165) is 21.1 Å². The summed E-state index contributed by atoms with van der Waals surface area (Å²) >= 11 is 3.39. The topological polar surface area (TPSA) is 48.9 Å². The van der Waals surface area contributed by atoms with Crippen LogP contribution in [-0.4, -0.2) is 21.9 Å². The van der Waals surface area contributed by atoms with Gasteiger partial charge in [0.2, 0.25) is 0 Å². The molecular weight excluding hydrogens is 244 g/mol. The van der Waals surface area contributed by atoms with Gasteiger partial charge < -0.3 is 5.11 Å². The number of aliphatic hydroxyl groups excluding tert-OH is 1. The van der Waals surface area contributed by atoms with Crippen LogP contribution in [0, 0.1) is 0 Å².